The fourth-order valence-electron chi connectivity index (χ4n) is 3.14. The molecule has 2 nitrogen and oxygen atoms in total. The number of fused-ring (bicyclic) bond motifs is 1. The lowest BCUT2D eigenvalue weighted by Crippen LogP contribution is -2.36. The van der Waals surface area contributed by atoms with Crippen LogP contribution in [0.4, 0.5) is 5.69 Å². The molecule has 0 spiro atoms. The maximum absolute atomic E-state index is 13.2. The van der Waals surface area contributed by atoms with Gasteiger partial charge in [-0.05, 0) is 29.3 Å². The molecular weight excluding hydrogens is 294 g/mol. The summed E-state index contributed by atoms with van der Waals surface area (Å²) in [5, 5.41) is 0. The van der Waals surface area contributed by atoms with Crippen LogP contribution < -0.4 is 4.90 Å². The van der Waals surface area contributed by atoms with Gasteiger partial charge < -0.3 is 0 Å². The summed E-state index contributed by atoms with van der Waals surface area (Å²) >= 11 is 0. The third-order valence-corrected chi connectivity index (χ3v) is 4.31. The number of benzene rings is 3. The summed E-state index contributed by atoms with van der Waals surface area (Å²) < 4.78 is 0. The van der Waals surface area contributed by atoms with Crippen molar-refractivity contribution < 1.29 is 4.79 Å². The molecule has 1 atom stereocenters. The van der Waals surface area contributed by atoms with Gasteiger partial charge in [-0.3, -0.25) is 9.69 Å². The molecule has 0 aliphatic carbocycles. The van der Waals surface area contributed by atoms with Gasteiger partial charge in [0.15, 0.2) is 0 Å². The predicted octanol–water partition coefficient (Wildman–Crippen LogP) is 5.10. The van der Waals surface area contributed by atoms with Crippen molar-refractivity contribution in [1.82, 2.24) is 0 Å². The van der Waals surface area contributed by atoms with Gasteiger partial charge in [0.05, 0.1) is 11.7 Å². The molecule has 1 aliphatic heterocycles. The highest BCUT2D eigenvalue weighted by atomic mass is 16.2. The Labute approximate surface area is 141 Å². The zero-order chi connectivity index (χ0) is 16.4. The van der Waals surface area contributed by atoms with E-state index in [0.29, 0.717) is 5.56 Å². The monoisotopic (exact) mass is 311 g/mol. The number of hydrogen-bond acceptors (Lipinski definition) is 1. The van der Waals surface area contributed by atoms with E-state index in [2.05, 4.69) is 24.3 Å². The molecule has 24 heavy (non-hydrogen) atoms. The molecule has 0 radical (unpaired) electrons. The highest BCUT2D eigenvalue weighted by Crippen LogP contribution is 2.37. The standard InChI is InChI=1S/C22H17NO/c24-22(19-12-5-2-6-13-19)23-20-14-8-7-11-18(20)15-16-21(23)17-9-3-1-4-10-17/h1-16,21H. The zero-order valence-corrected chi connectivity index (χ0v) is 13.2. The Balaban J connectivity index is 1.84. The Morgan fingerprint density at radius 3 is 2.12 bits per heavy atom. The van der Waals surface area contributed by atoms with Gasteiger partial charge in [-0.15, -0.1) is 0 Å². The first-order valence-electron chi connectivity index (χ1n) is 8.05. The molecule has 2 heteroatoms. The van der Waals surface area contributed by atoms with Gasteiger partial charge >= 0.3 is 0 Å². The highest BCUT2D eigenvalue weighted by molar-refractivity contribution is 6.08. The largest absolute Gasteiger partial charge is 0.297 e. The normalized spacial score (nSPS) is 15.8. The van der Waals surface area contributed by atoms with Crippen molar-refractivity contribution in [3.05, 3.63) is 108 Å². The van der Waals surface area contributed by atoms with E-state index in [1.54, 1.807) is 0 Å². The van der Waals surface area contributed by atoms with Crippen LogP contribution in [0.2, 0.25) is 0 Å². The van der Waals surface area contributed by atoms with E-state index in [9.17, 15) is 4.79 Å². The fraction of sp³-hybridized carbons (Fsp3) is 0.0455. The minimum atomic E-state index is -0.103. The molecule has 0 saturated carbocycles. The molecule has 1 unspecified atom stereocenters. The molecule has 1 aliphatic rings. The van der Waals surface area contributed by atoms with Crippen LogP contribution in [0, 0.1) is 0 Å². The molecular formula is C22H17NO. The summed E-state index contributed by atoms with van der Waals surface area (Å²) in [5.74, 6) is 0.0150. The van der Waals surface area contributed by atoms with Gasteiger partial charge in [0.25, 0.3) is 5.91 Å². The molecule has 3 aromatic carbocycles. The van der Waals surface area contributed by atoms with Crippen molar-refractivity contribution in [2.75, 3.05) is 4.90 Å². The first-order valence-corrected chi connectivity index (χ1v) is 8.05. The average molecular weight is 311 g/mol. The number of hydrogen-bond donors (Lipinski definition) is 0. The summed E-state index contributed by atoms with van der Waals surface area (Å²) in [6.07, 6.45) is 4.19. The number of para-hydroxylation sites is 1. The SMILES string of the molecule is O=C(c1ccccc1)N1c2ccccc2C=CC1c1ccccc1. The summed E-state index contributed by atoms with van der Waals surface area (Å²) in [6, 6.07) is 27.5. The topological polar surface area (TPSA) is 20.3 Å². The maximum atomic E-state index is 13.2. The minimum Gasteiger partial charge on any atom is -0.297 e. The predicted molar refractivity (Wildman–Crippen MR) is 97.9 cm³/mol. The Morgan fingerprint density at radius 1 is 0.750 bits per heavy atom. The third-order valence-electron chi connectivity index (χ3n) is 4.31. The second-order valence-corrected chi connectivity index (χ2v) is 5.81. The Morgan fingerprint density at radius 2 is 1.38 bits per heavy atom. The molecule has 3 aromatic rings. The van der Waals surface area contributed by atoms with E-state index in [1.807, 2.05) is 77.7 Å². The van der Waals surface area contributed by atoms with Crippen LogP contribution >= 0.6 is 0 Å². The Bertz CT molecular complexity index is 884. The lowest BCUT2D eigenvalue weighted by atomic mass is 9.96. The maximum Gasteiger partial charge on any atom is 0.259 e. The van der Waals surface area contributed by atoms with Gasteiger partial charge in [-0.2, -0.15) is 0 Å². The Kier molecular flexibility index (Phi) is 3.72. The van der Waals surface area contributed by atoms with Crippen LogP contribution in [-0.2, 0) is 0 Å². The second-order valence-electron chi connectivity index (χ2n) is 5.81. The number of nitrogens with zero attached hydrogens (tertiary/aromatic N) is 1. The van der Waals surface area contributed by atoms with E-state index >= 15 is 0 Å². The Hall–Kier alpha value is -3.13. The average Bonchev–Trinajstić information content (AvgIpc) is 2.68. The van der Waals surface area contributed by atoms with Gasteiger partial charge in [-0.1, -0.05) is 78.9 Å². The number of rotatable bonds is 2. The molecule has 0 N–H and O–H groups in total. The summed E-state index contributed by atoms with van der Waals surface area (Å²) in [5.41, 5.74) is 3.81. The van der Waals surface area contributed by atoms with E-state index in [-0.39, 0.29) is 11.9 Å². The first-order chi connectivity index (χ1) is 11.8. The highest BCUT2D eigenvalue weighted by Gasteiger charge is 2.29. The molecule has 0 bridgehead atoms. The summed E-state index contributed by atoms with van der Waals surface area (Å²) in [6.45, 7) is 0. The van der Waals surface area contributed by atoms with Crippen molar-refractivity contribution >= 4 is 17.7 Å². The molecule has 116 valence electrons. The van der Waals surface area contributed by atoms with Crippen LogP contribution in [0.3, 0.4) is 0 Å². The van der Waals surface area contributed by atoms with Crippen LogP contribution in [0.5, 0.6) is 0 Å². The number of anilines is 1. The summed E-state index contributed by atoms with van der Waals surface area (Å²) in [4.78, 5) is 15.1. The van der Waals surface area contributed by atoms with Crippen LogP contribution in [0.1, 0.15) is 27.5 Å². The van der Waals surface area contributed by atoms with Crippen LogP contribution in [0.15, 0.2) is 91.0 Å². The number of amides is 1. The molecule has 0 aromatic heterocycles. The van der Waals surface area contributed by atoms with E-state index in [0.717, 1.165) is 16.8 Å². The van der Waals surface area contributed by atoms with Gasteiger partial charge in [0.1, 0.15) is 0 Å². The second kappa shape index (κ2) is 6.17. The van der Waals surface area contributed by atoms with Crippen LogP contribution in [-0.4, -0.2) is 5.91 Å². The van der Waals surface area contributed by atoms with Gasteiger partial charge in [0.2, 0.25) is 0 Å². The molecule has 4 rings (SSSR count). The van der Waals surface area contributed by atoms with E-state index < -0.39 is 0 Å². The molecule has 0 saturated heterocycles. The fourth-order valence-corrected chi connectivity index (χ4v) is 3.14. The minimum absolute atomic E-state index is 0.0150. The van der Waals surface area contributed by atoms with E-state index in [4.69, 9.17) is 0 Å². The van der Waals surface area contributed by atoms with Crippen molar-refractivity contribution in [2.45, 2.75) is 6.04 Å². The van der Waals surface area contributed by atoms with Crippen LogP contribution in [0.25, 0.3) is 6.08 Å². The quantitative estimate of drug-likeness (QED) is 0.644. The number of carbonyl (C=O) groups is 1. The lowest BCUT2D eigenvalue weighted by molar-refractivity contribution is 0.0980. The van der Waals surface area contributed by atoms with Gasteiger partial charge in [-0.25, -0.2) is 0 Å². The van der Waals surface area contributed by atoms with Crippen molar-refractivity contribution in [3.63, 3.8) is 0 Å². The van der Waals surface area contributed by atoms with Crippen molar-refractivity contribution in [2.24, 2.45) is 0 Å². The first kappa shape index (κ1) is 14.5. The van der Waals surface area contributed by atoms with Crippen molar-refractivity contribution in [1.29, 1.82) is 0 Å². The number of carbonyl (C=O) groups excluding carboxylic acids is 1. The van der Waals surface area contributed by atoms with Crippen molar-refractivity contribution in [3.8, 4) is 0 Å². The zero-order valence-electron chi connectivity index (χ0n) is 13.2. The smallest absolute Gasteiger partial charge is 0.259 e. The van der Waals surface area contributed by atoms with E-state index in [1.165, 1.54) is 0 Å². The lowest BCUT2D eigenvalue weighted by Gasteiger charge is -2.34. The molecule has 1 heterocycles. The van der Waals surface area contributed by atoms with Gasteiger partial charge in [0, 0.05) is 5.56 Å². The molecule has 0 fully saturated rings. The molecule has 1 amide bonds. The third kappa shape index (κ3) is 2.52. The summed E-state index contributed by atoms with van der Waals surface area (Å²) in [7, 11) is 0.